The van der Waals surface area contributed by atoms with Crippen LogP contribution in [0.1, 0.15) is 20.3 Å². The minimum atomic E-state index is -2.00. The van der Waals surface area contributed by atoms with Crippen molar-refractivity contribution in [1.29, 1.82) is 0 Å². The van der Waals surface area contributed by atoms with Crippen LogP contribution < -0.4 is 0 Å². The predicted molar refractivity (Wildman–Crippen MR) is 87.2 cm³/mol. The van der Waals surface area contributed by atoms with Gasteiger partial charge in [0.05, 0.1) is 16.6 Å². The predicted octanol–water partition coefficient (Wildman–Crippen LogP) is 3.81. The topological polar surface area (TPSA) is 43.4 Å². The summed E-state index contributed by atoms with van der Waals surface area (Å²) >= 11 is 12.7. The summed E-state index contributed by atoms with van der Waals surface area (Å²) < 4.78 is 6.25. The van der Waals surface area contributed by atoms with Crippen LogP contribution in [0.2, 0.25) is 19.6 Å². The second-order valence-electron chi connectivity index (χ2n) is 7.00. The molecule has 0 spiro atoms. The third kappa shape index (κ3) is 2.67. The maximum atomic E-state index is 12.7. The molecule has 116 valence electrons. The monoisotopic (exact) mass is 346 g/mol. The Balaban J connectivity index is 2.64. The molecule has 0 aromatic heterocycles. The fraction of sp³-hybridized carbons (Fsp3) is 0.600. The molecule has 3 nitrogen and oxygen atoms in total. The summed E-state index contributed by atoms with van der Waals surface area (Å²) in [6.45, 7) is 9.79. The zero-order valence-electron chi connectivity index (χ0n) is 12.9. The van der Waals surface area contributed by atoms with Gasteiger partial charge in [-0.05, 0) is 39.9 Å². The van der Waals surface area contributed by atoms with E-state index in [1.165, 1.54) is 6.08 Å². The van der Waals surface area contributed by atoms with Crippen LogP contribution in [0.25, 0.3) is 0 Å². The Morgan fingerprint density at radius 3 is 2.43 bits per heavy atom. The highest BCUT2D eigenvalue weighted by Gasteiger charge is 2.63. The third-order valence-corrected chi connectivity index (χ3v) is 6.06. The molecule has 0 saturated carbocycles. The molecule has 2 rings (SSSR count). The first-order valence-electron chi connectivity index (χ1n) is 6.94. The fourth-order valence-electron chi connectivity index (χ4n) is 3.33. The number of Topliss-reactive ketones (excluding diaryl/α,β-unsaturated/α-hetero) is 1. The van der Waals surface area contributed by atoms with Crippen molar-refractivity contribution in [3.8, 4) is 0 Å². The molecular weight excluding hydrogens is 327 g/mol. The maximum absolute atomic E-state index is 12.7. The average molecular weight is 347 g/mol. The van der Waals surface area contributed by atoms with Crippen LogP contribution in [0.5, 0.6) is 0 Å². The smallest absolute Gasteiger partial charge is 0.199 e. The minimum absolute atomic E-state index is 0.107. The van der Waals surface area contributed by atoms with E-state index >= 15 is 0 Å². The van der Waals surface area contributed by atoms with E-state index in [1.807, 2.05) is 32.6 Å². The molecule has 0 aliphatic heterocycles. The zero-order chi connectivity index (χ0) is 16.2. The van der Waals surface area contributed by atoms with E-state index in [1.54, 1.807) is 6.92 Å². The standard InChI is InChI=1S/C15H20Cl2O3Si/c1-9-6-10-12(18)7-11(16)13(19)15(10,17)14(2,8-9)20-21(3,4)5/h7-8,10H,6H2,1-5H3/t10-,14+,15+/m0/s1. The highest BCUT2D eigenvalue weighted by atomic mass is 35.5. The number of rotatable bonds is 2. The summed E-state index contributed by atoms with van der Waals surface area (Å²) in [6, 6.07) is 0. The van der Waals surface area contributed by atoms with Gasteiger partial charge >= 0.3 is 0 Å². The average Bonchev–Trinajstić information content (AvgIpc) is 2.28. The summed E-state index contributed by atoms with van der Waals surface area (Å²) in [5, 5.41) is -0.107. The lowest BCUT2D eigenvalue weighted by atomic mass is 9.65. The number of hydrogen-bond donors (Lipinski definition) is 0. The number of fused-ring (bicyclic) bond motifs is 1. The molecule has 0 heterocycles. The summed E-state index contributed by atoms with van der Waals surface area (Å²) in [6.07, 6.45) is 3.54. The van der Waals surface area contributed by atoms with Gasteiger partial charge in [-0.2, -0.15) is 0 Å². The number of halogens is 2. The van der Waals surface area contributed by atoms with Crippen molar-refractivity contribution in [1.82, 2.24) is 0 Å². The summed E-state index contributed by atoms with van der Waals surface area (Å²) in [7, 11) is -2.00. The number of ketones is 2. The van der Waals surface area contributed by atoms with Gasteiger partial charge in [-0.15, -0.1) is 11.6 Å². The summed E-state index contributed by atoms with van der Waals surface area (Å²) in [5.74, 6) is -1.24. The van der Waals surface area contributed by atoms with Gasteiger partial charge in [0.25, 0.3) is 0 Å². The Hall–Kier alpha value is -0.423. The first-order chi connectivity index (χ1) is 9.41. The molecule has 0 saturated heterocycles. The van der Waals surface area contributed by atoms with Gasteiger partial charge in [0, 0.05) is 6.08 Å². The van der Waals surface area contributed by atoms with Crippen LogP contribution in [0, 0.1) is 5.92 Å². The Kier molecular flexibility index (Phi) is 4.07. The van der Waals surface area contributed by atoms with Gasteiger partial charge < -0.3 is 4.43 Å². The van der Waals surface area contributed by atoms with Crippen LogP contribution >= 0.6 is 23.2 Å². The lowest BCUT2D eigenvalue weighted by molar-refractivity contribution is -0.133. The third-order valence-electron chi connectivity index (χ3n) is 3.93. The van der Waals surface area contributed by atoms with Gasteiger partial charge in [-0.3, -0.25) is 9.59 Å². The normalized spacial score (nSPS) is 37.0. The Morgan fingerprint density at radius 1 is 1.33 bits per heavy atom. The highest BCUT2D eigenvalue weighted by molar-refractivity contribution is 6.70. The molecule has 21 heavy (non-hydrogen) atoms. The lowest BCUT2D eigenvalue weighted by Crippen LogP contribution is -2.65. The Labute approximate surface area is 136 Å². The van der Waals surface area contributed by atoms with Gasteiger partial charge in [-0.25, -0.2) is 0 Å². The molecule has 0 N–H and O–H groups in total. The van der Waals surface area contributed by atoms with Crippen molar-refractivity contribution in [3.63, 3.8) is 0 Å². The van der Waals surface area contributed by atoms with Crippen molar-refractivity contribution >= 4 is 43.1 Å². The van der Waals surface area contributed by atoms with E-state index < -0.39 is 30.5 Å². The van der Waals surface area contributed by atoms with E-state index in [0.717, 1.165) is 5.57 Å². The van der Waals surface area contributed by atoms with E-state index in [4.69, 9.17) is 27.6 Å². The number of hydrogen-bond acceptors (Lipinski definition) is 3. The van der Waals surface area contributed by atoms with E-state index in [9.17, 15) is 9.59 Å². The molecule has 0 bridgehead atoms. The quantitative estimate of drug-likeness (QED) is 0.433. The number of carbonyl (C=O) groups is 2. The van der Waals surface area contributed by atoms with E-state index in [2.05, 4.69) is 0 Å². The first-order valence-corrected chi connectivity index (χ1v) is 11.1. The molecule has 0 aromatic carbocycles. The Bertz CT molecular complexity index is 576. The van der Waals surface area contributed by atoms with Gasteiger partial charge in [0.2, 0.25) is 0 Å². The van der Waals surface area contributed by atoms with Crippen LogP contribution in [0.4, 0.5) is 0 Å². The van der Waals surface area contributed by atoms with Crippen LogP contribution in [0.15, 0.2) is 22.8 Å². The molecular formula is C15H20Cl2O3Si. The van der Waals surface area contributed by atoms with Crippen LogP contribution in [0.3, 0.4) is 0 Å². The summed E-state index contributed by atoms with van der Waals surface area (Å²) in [5.41, 5.74) is -0.0303. The van der Waals surface area contributed by atoms with E-state index in [-0.39, 0.29) is 10.8 Å². The van der Waals surface area contributed by atoms with E-state index in [0.29, 0.717) is 6.42 Å². The SMILES string of the molecule is CC1=C[C@@](C)(O[Si](C)(C)C)[C@]2(Cl)C(=O)C(Cl)=CC(=O)[C@@H]2C1. The van der Waals surface area contributed by atoms with Crippen molar-refractivity contribution < 1.29 is 14.0 Å². The number of allylic oxidation sites excluding steroid dienone is 3. The molecule has 0 unspecified atom stereocenters. The molecule has 0 amide bonds. The lowest BCUT2D eigenvalue weighted by Gasteiger charge is -2.51. The molecule has 6 heteroatoms. The van der Waals surface area contributed by atoms with Gasteiger partial charge in [-0.1, -0.05) is 23.3 Å². The maximum Gasteiger partial charge on any atom is 0.199 e. The number of carbonyl (C=O) groups excluding carboxylic acids is 2. The number of alkyl halides is 1. The Morgan fingerprint density at radius 2 is 1.90 bits per heavy atom. The largest absolute Gasteiger partial charge is 0.407 e. The van der Waals surface area contributed by atoms with Crippen LogP contribution in [-0.4, -0.2) is 30.4 Å². The molecule has 2 aliphatic rings. The van der Waals surface area contributed by atoms with Crippen molar-refractivity contribution in [2.24, 2.45) is 5.92 Å². The minimum Gasteiger partial charge on any atom is -0.407 e. The zero-order valence-corrected chi connectivity index (χ0v) is 15.4. The summed E-state index contributed by atoms with van der Waals surface area (Å²) in [4.78, 5) is 23.5. The highest BCUT2D eigenvalue weighted by Crippen LogP contribution is 2.52. The molecule has 0 fully saturated rings. The van der Waals surface area contributed by atoms with Crippen molar-refractivity contribution in [2.45, 2.75) is 50.4 Å². The van der Waals surface area contributed by atoms with Gasteiger partial charge in [0.1, 0.15) is 4.87 Å². The van der Waals surface area contributed by atoms with Crippen molar-refractivity contribution in [2.75, 3.05) is 0 Å². The molecule has 0 radical (unpaired) electrons. The molecule has 2 aliphatic carbocycles. The second kappa shape index (κ2) is 5.05. The van der Waals surface area contributed by atoms with Gasteiger partial charge in [0.15, 0.2) is 19.9 Å². The fourth-order valence-corrected chi connectivity index (χ4v) is 5.57. The molecule has 0 aromatic rings. The van der Waals surface area contributed by atoms with Crippen LogP contribution in [-0.2, 0) is 14.0 Å². The molecule has 3 atom stereocenters. The van der Waals surface area contributed by atoms with Crippen molar-refractivity contribution in [3.05, 3.63) is 22.8 Å². The second-order valence-corrected chi connectivity index (χ2v) is 12.4. The first kappa shape index (κ1) is 16.9.